The minimum atomic E-state index is -0.238. The Bertz CT molecular complexity index is 496. The van der Waals surface area contributed by atoms with Crippen LogP contribution < -0.4 is 5.43 Å². The van der Waals surface area contributed by atoms with E-state index in [2.05, 4.69) is 5.43 Å². The van der Waals surface area contributed by atoms with Crippen LogP contribution in [0.3, 0.4) is 0 Å². The molecule has 0 unspecified atom stereocenters. The second-order valence-electron chi connectivity index (χ2n) is 3.69. The first-order valence-electron chi connectivity index (χ1n) is 5.28. The number of benzene rings is 1. The van der Waals surface area contributed by atoms with Gasteiger partial charge in [-0.3, -0.25) is 15.2 Å². The summed E-state index contributed by atoms with van der Waals surface area (Å²) < 4.78 is 0.690. The highest BCUT2D eigenvalue weighted by molar-refractivity contribution is 8.22. The van der Waals surface area contributed by atoms with Crippen molar-refractivity contribution in [2.24, 2.45) is 0 Å². The fourth-order valence-electron chi connectivity index (χ4n) is 1.48. The SMILES string of the molecule is O=C(NN1CCCSC1=S)c1ccc(Cl)c(Cl)c1. The normalized spacial score (nSPS) is 15.7. The largest absolute Gasteiger partial charge is 0.269 e. The van der Waals surface area contributed by atoms with Gasteiger partial charge in [-0.05, 0) is 24.6 Å². The lowest BCUT2D eigenvalue weighted by Crippen LogP contribution is -2.46. The number of hydrogen-bond acceptors (Lipinski definition) is 3. The molecule has 0 radical (unpaired) electrons. The summed E-state index contributed by atoms with van der Waals surface area (Å²) >= 11 is 18.4. The molecule has 0 saturated carbocycles. The third kappa shape index (κ3) is 3.29. The van der Waals surface area contributed by atoms with E-state index >= 15 is 0 Å². The van der Waals surface area contributed by atoms with Crippen molar-refractivity contribution in [2.75, 3.05) is 12.3 Å². The molecular weight excluding hydrogens is 311 g/mol. The summed E-state index contributed by atoms with van der Waals surface area (Å²) in [5.74, 6) is 0.760. The molecule has 18 heavy (non-hydrogen) atoms. The molecule has 0 aromatic heterocycles. The average Bonchev–Trinajstić information content (AvgIpc) is 2.35. The average molecular weight is 321 g/mol. The summed E-state index contributed by atoms with van der Waals surface area (Å²) in [5.41, 5.74) is 3.22. The smallest absolute Gasteiger partial charge is 0.269 e. The van der Waals surface area contributed by atoms with Crippen molar-refractivity contribution in [1.29, 1.82) is 0 Å². The first-order valence-corrected chi connectivity index (χ1v) is 7.43. The summed E-state index contributed by atoms with van der Waals surface area (Å²) in [4.78, 5) is 12.0. The van der Waals surface area contributed by atoms with Crippen molar-refractivity contribution >= 4 is 57.4 Å². The summed E-state index contributed by atoms with van der Waals surface area (Å²) in [7, 11) is 0. The monoisotopic (exact) mass is 320 g/mol. The van der Waals surface area contributed by atoms with Crippen LogP contribution in [0, 0.1) is 0 Å². The van der Waals surface area contributed by atoms with Gasteiger partial charge in [0.2, 0.25) is 0 Å². The number of halogens is 2. The number of thiocarbonyl (C=S) groups is 1. The Balaban J connectivity index is 2.07. The van der Waals surface area contributed by atoms with E-state index in [1.54, 1.807) is 35.0 Å². The van der Waals surface area contributed by atoms with E-state index in [1.165, 1.54) is 0 Å². The molecule has 0 spiro atoms. The Labute approximate surface area is 125 Å². The molecule has 0 bridgehead atoms. The second-order valence-corrected chi connectivity index (χ2v) is 6.23. The van der Waals surface area contributed by atoms with Crippen molar-refractivity contribution in [3.05, 3.63) is 33.8 Å². The van der Waals surface area contributed by atoms with Crippen LogP contribution in [-0.4, -0.2) is 27.5 Å². The van der Waals surface area contributed by atoms with Crippen LogP contribution in [0.2, 0.25) is 10.0 Å². The zero-order chi connectivity index (χ0) is 13.1. The first-order chi connectivity index (χ1) is 8.58. The molecule has 1 heterocycles. The molecule has 1 amide bonds. The zero-order valence-electron chi connectivity index (χ0n) is 9.28. The Hall–Kier alpha value is -0.490. The van der Waals surface area contributed by atoms with E-state index in [4.69, 9.17) is 35.4 Å². The summed E-state index contributed by atoms with van der Waals surface area (Å²) in [6, 6.07) is 4.77. The van der Waals surface area contributed by atoms with Gasteiger partial charge in [0.25, 0.3) is 5.91 Å². The van der Waals surface area contributed by atoms with Crippen LogP contribution in [-0.2, 0) is 0 Å². The molecule has 1 aliphatic heterocycles. The Kier molecular flexibility index (Phi) is 4.72. The van der Waals surface area contributed by atoms with Gasteiger partial charge >= 0.3 is 0 Å². The van der Waals surface area contributed by atoms with E-state index in [0.29, 0.717) is 19.9 Å². The zero-order valence-corrected chi connectivity index (χ0v) is 12.4. The minimum Gasteiger partial charge on any atom is -0.269 e. The van der Waals surface area contributed by atoms with Crippen molar-refractivity contribution in [2.45, 2.75) is 6.42 Å². The topological polar surface area (TPSA) is 32.3 Å². The van der Waals surface area contributed by atoms with E-state index in [0.717, 1.165) is 18.7 Å². The van der Waals surface area contributed by atoms with Crippen LogP contribution >= 0.6 is 47.2 Å². The summed E-state index contributed by atoms with van der Waals surface area (Å²) in [6.07, 6.45) is 0.993. The van der Waals surface area contributed by atoms with Crippen LogP contribution in [0.25, 0.3) is 0 Å². The van der Waals surface area contributed by atoms with Gasteiger partial charge in [0.05, 0.1) is 10.0 Å². The van der Waals surface area contributed by atoms with E-state index in [-0.39, 0.29) is 5.91 Å². The highest BCUT2D eigenvalue weighted by atomic mass is 35.5. The van der Waals surface area contributed by atoms with Crippen LogP contribution in [0.5, 0.6) is 0 Å². The number of hydrazine groups is 1. The lowest BCUT2D eigenvalue weighted by Gasteiger charge is -2.28. The maximum atomic E-state index is 12.0. The summed E-state index contributed by atoms with van der Waals surface area (Å²) in [6.45, 7) is 0.735. The summed E-state index contributed by atoms with van der Waals surface area (Å²) in [5, 5.41) is 2.48. The van der Waals surface area contributed by atoms with Gasteiger partial charge in [-0.15, -0.1) is 0 Å². The van der Waals surface area contributed by atoms with E-state index in [1.807, 2.05) is 0 Å². The van der Waals surface area contributed by atoms with Gasteiger partial charge in [-0.25, -0.2) is 0 Å². The lowest BCUT2D eigenvalue weighted by molar-refractivity contribution is 0.0873. The molecule has 0 atom stereocenters. The van der Waals surface area contributed by atoms with Crippen molar-refractivity contribution in [3.8, 4) is 0 Å². The molecule has 2 rings (SSSR count). The molecule has 1 saturated heterocycles. The molecule has 96 valence electrons. The van der Waals surface area contributed by atoms with Crippen molar-refractivity contribution in [3.63, 3.8) is 0 Å². The number of carbonyl (C=O) groups is 1. The number of nitrogens with zero attached hydrogens (tertiary/aromatic N) is 1. The number of carbonyl (C=O) groups excluding carboxylic acids is 1. The fraction of sp³-hybridized carbons (Fsp3) is 0.273. The molecule has 1 aromatic rings. The molecule has 0 aliphatic carbocycles. The Morgan fingerprint density at radius 2 is 2.17 bits per heavy atom. The minimum absolute atomic E-state index is 0.238. The number of nitrogens with one attached hydrogen (secondary N) is 1. The molecule has 1 fully saturated rings. The van der Waals surface area contributed by atoms with Gasteiger partial charge in [-0.1, -0.05) is 47.2 Å². The number of rotatable bonds is 2. The van der Waals surface area contributed by atoms with Crippen LogP contribution in [0.15, 0.2) is 18.2 Å². The lowest BCUT2D eigenvalue weighted by atomic mass is 10.2. The predicted molar refractivity (Wildman–Crippen MR) is 80.3 cm³/mol. The highest BCUT2D eigenvalue weighted by Crippen LogP contribution is 2.23. The van der Waals surface area contributed by atoms with Gasteiger partial charge in [0.1, 0.15) is 0 Å². The highest BCUT2D eigenvalue weighted by Gasteiger charge is 2.18. The van der Waals surface area contributed by atoms with E-state index < -0.39 is 0 Å². The maximum absolute atomic E-state index is 12.0. The van der Waals surface area contributed by atoms with Gasteiger partial charge < -0.3 is 0 Å². The Morgan fingerprint density at radius 3 is 2.83 bits per heavy atom. The molecular formula is C11H10Cl2N2OS2. The molecule has 7 heteroatoms. The number of thioether (sulfide) groups is 1. The quantitative estimate of drug-likeness (QED) is 0.847. The predicted octanol–water partition coefficient (Wildman–Crippen LogP) is 3.36. The molecule has 1 aromatic carbocycles. The maximum Gasteiger partial charge on any atom is 0.269 e. The van der Waals surface area contributed by atoms with E-state index in [9.17, 15) is 4.79 Å². The third-order valence-corrected chi connectivity index (χ3v) is 4.66. The van der Waals surface area contributed by atoms with Gasteiger partial charge in [-0.2, -0.15) is 0 Å². The molecule has 1 aliphatic rings. The first kappa shape index (κ1) is 13.9. The third-order valence-electron chi connectivity index (χ3n) is 2.39. The molecule has 1 N–H and O–H groups in total. The standard InChI is InChI=1S/C11H10Cl2N2OS2/c12-8-3-2-7(6-9(8)13)10(16)14-15-4-1-5-18-11(15)17/h2-3,6H,1,4-5H2,(H,14,16). The fourth-order valence-corrected chi connectivity index (χ4v) is 2.90. The van der Waals surface area contributed by atoms with Crippen LogP contribution in [0.4, 0.5) is 0 Å². The van der Waals surface area contributed by atoms with Crippen LogP contribution in [0.1, 0.15) is 16.8 Å². The van der Waals surface area contributed by atoms with Crippen molar-refractivity contribution < 1.29 is 4.79 Å². The Morgan fingerprint density at radius 1 is 1.39 bits per heavy atom. The second kappa shape index (κ2) is 6.10. The van der Waals surface area contributed by atoms with Gasteiger partial charge in [0, 0.05) is 17.9 Å². The number of hydrogen-bond donors (Lipinski definition) is 1. The number of amides is 1. The van der Waals surface area contributed by atoms with Gasteiger partial charge in [0.15, 0.2) is 4.32 Å². The van der Waals surface area contributed by atoms with Crippen molar-refractivity contribution in [1.82, 2.24) is 10.4 Å². The molecule has 3 nitrogen and oxygen atoms in total.